The number of carboxylic acid groups (broad SMARTS) is 1. The van der Waals surface area contributed by atoms with Gasteiger partial charge in [-0.1, -0.05) is 0 Å². The van der Waals surface area contributed by atoms with Gasteiger partial charge in [0, 0.05) is 6.54 Å². The summed E-state index contributed by atoms with van der Waals surface area (Å²) in [6.45, 7) is 7.72. The van der Waals surface area contributed by atoms with Crippen molar-refractivity contribution in [2.75, 3.05) is 0 Å². The first-order chi connectivity index (χ1) is 6.83. The monoisotopic (exact) mass is 211 g/mol. The third kappa shape index (κ3) is 2.78. The first-order valence-corrected chi connectivity index (χ1v) is 4.94. The van der Waals surface area contributed by atoms with E-state index in [1.807, 2.05) is 13.8 Å². The third-order valence-electron chi connectivity index (χ3n) is 2.49. The zero-order valence-corrected chi connectivity index (χ0v) is 9.61. The van der Waals surface area contributed by atoms with E-state index in [-0.39, 0.29) is 0 Å². The minimum atomic E-state index is -0.781. The molecule has 15 heavy (non-hydrogen) atoms. The van der Waals surface area contributed by atoms with Gasteiger partial charge >= 0.3 is 5.97 Å². The molecule has 0 fully saturated rings. The number of hydrogen-bond donors (Lipinski definition) is 1. The van der Waals surface area contributed by atoms with Crippen LogP contribution >= 0.6 is 0 Å². The normalized spacial score (nSPS) is 11.7. The minimum absolute atomic E-state index is 0.548. The predicted octanol–water partition coefficient (Wildman–Crippen LogP) is 1.40. The lowest BCUT2D eigenvalue weighted by Crippen LogP contribution is -2.25. The molecule has 0 aromatic carbocycles. The van der Waals surface area contributed by atoms with Gasteiger partial charge in [-0.05, 0) is 34.1 Å². The van der Waals surface area contributed by atoms with Crippen molar-refractivity contribution in [2.45, 2.75) is 40.7 Å². The number of aryl methyl sites for hydroxylation is 3. The summed E-state index contributed by atoms with van der Waals surface area (Å²) in [5.74, 6) is 0.770. The fraction of sp³-hybridized carbons (Fsp3) is 0.700. The van der Waals surface area contributed by atoms with Crippen LogP contribution in [0.4, 0.5) is 0 Å². The summed E-state index contributed by atoms with van der Waals surface area (Å²) in [5.41, 5.74) is -0.716. The number of aliphatic carboxylic acids is 1. The largest absolute Gasteiger partial charge is 0.481 e. The Morgan fingerprint density at radius 3 is 2.47 bits per heavy atom. The highest BCUT2D eigenvalue weighted by atomic mass is 16.4. The summed E-state index contributed by atoms with van der Waals surface area (Å²) >= 11 is 0. The van der Waals surface area contributed by atoms with Gasteiger partial charge in [-0.3, -0.25) is 9.48 Å². The van der Waals surface area contributed by atoms with E-state index in [1.165, 1.54) is 0 Å². The Balaban J connectivity index is 2.65. The molecular weight excluding hydrogens is 194 g/mol. The van der Waals surface area contributed by atoms with E-state index < -0.39 is 11.4 Å². The van der Waals surface area contributed by atoms with Crippen molar-refractivity contribution < 1.29 is 9.90 Å². The van der Waals surface area contributed by atoms with Gasteiger partial charge in [0.2, 0.25) is 0 Å². The van der Waals surface area contributed by atoms with Crippen LogP contribution in [-0.2, 0) is 11.3 Å². The van der Waals surface area contributed by atoms with Gasteiger partial charge in [-0.15, -0.1) is 0 Å². The zero-order valence-electron chi connectivity index (χ0n) is 9.61. The van der Waals surface area contributed by atoms with Crippen molar-refractivity contribution in [2.24, 2.45) is 5.41 Å². The molecule has 0 saturated carbocycles. The van der Waals surface area contributed by atoms with Crippen LogP contribution in [0, 0.1) is 19.3 Å². The van der Waals surface area contributed by atoms with Crippen LogP contribution in [0.5, 0.6) is 0 Å². The van der Waals surface area contributed by atoms with Gasteiger partial charge in [0.15, 0.2) is 0 Å². The number of nitrogens with zero attached hydrogens (tertiary/aromatic N) is 3. The Bertz CT molecular complexity index is 369. The molecule has 0 bridgehead atoms. The summed E-state index contributed by atoms with van der Waals surface area (Å²) in [7, 11) is 0. The summed E-state index contributed by atoms with van der Waals surface area (Å²) in [5, 5.41) is 13.1. The molecule has 0 aliphatic heterocycles. The Kier molecular flexibility index (Phi) is 3.12. The van der Waals surface area contributed by atoms with E-state index in [0.717, 1.165) is 11.6 Å². The van der Waals surface area contributed by atoms with Gasteiger partial charge in [0.05, 0.1) is 5.41 Å². The fourth-order valence-corrected chi connectivity index (χ4v) is 1.27. The van der Waals surface area contributed by atoms with Gasteiger partial charge in [-0.25, -0.2) is 4.98 Å². The first kappa shape index (κ1) is 11.7. The second kappa shape index (κ2) is 4.00. The highest BCUT2D eigenvalue weighted by Crippen LogP contribution is 2.21. The van der Waals surface area contributed by atoms with E-state index in [2.05, 4.69) is 10.1 Å². The average Bonchev–Trinajstić information content (AvgIpc) is 2.41. The first-order valence-electron chi connectivity index (χ1n) is 4.94. The van der Waals surface area contributed by atoms with E-state index in [0.29, 0.717) is 13.0 Å². The van der Waals surface area contributed by atoms with Gasteiger partial charge < -0.3 is 5.11 Å². The third-order valence-corrected chi connectivity index (χ3v) is 2.49. The molecule has 1 rings (SSSR count). The maximum absolute atomic E-state index is 10.9. The smallest absolute Gasteiger partial charge is 0.309 e. The molecule has 0 aliphatic carbocycles. The standard InChI is InChI=1S/C10H17N3O2/c1-7-11-8(2)13(12-7)6-5-10(3,4)9(14)15/h5-6H2,1-4H3,(H,14,15). The number of carbonyl (C=O) groups is 1. The second-order valence-electron chi connectivity index (χ2n) is 4.37. The summed E-state index contributed by atoms with van der Waals surface area (Å²) in [6, 6.07) is 0. The van der Waals surface area contributed by atoms with E-state index in [9.17, 15) is 4.79 Å². The van der Waals surface area contributed by atoms with Gasteiger partial charge in [0.25, 0.3) is 0 Å². The maximum Gasteiger partial charge on any atom is 0.309 e. The van der Waals surface area contributed by atoms with Crippen molar-refractivity contribution >= 4 is 5.97 Å². The van der Waals surface area contributed by atoms with E-state index in [4.69, 9.17) is 5.11 Å². The van der Waals surface area contributed by atoms with Crippen molar-refractivity contribution in [3.63, 3.8) is 0 Å². The van der Waals surface area contributed by atoms with Gasteiger partial charge in [0.1, 0.15) is 11.6 Å². The SMILES string of the molecule is Cc1nc(C)n(CCC(C)(C)C(=O)O)n1. The molecule has 0 unspecified atom stereocenters. The Morgan fingerprint density at radius 2 is 2.07 bits per heavy atom. The maximum atomic E-state index is 10.9. The lowest BCUT2D eigenvalue weighted by molar-refractivity contribution is -0.147. The Labute approximate surface area is 89.1 Å². The number of rotatable bonds is 4. The van der Waals surface area contributed by atoms with Crippen LogP contribution in [-0.4, -0.2) is 25.8 Å². The number of hydrogen-bond acceptors (Lipinski definition) is 3. The molecule has 1 aromatic rings. The van der Waals surface area contributed by atoms with Crippen LogP contribution in [0.15, 0.2) is 0 Å². The molecule has 0 saturated heterocycles. The molecule has 84 valence electrons. The lowest BCUT2D eigenvalue weighted by Gasteiger charge is -2.18. The van der Waals surface area contributed by atoms with Crippen molar-refractivity contribution in [3.05, 3.63) is 11.6 Å². The Morgan fingerprint density at radius 1 is 1.47 bits per heavy atom. The molecule has 0 amide bonds. The minimum Gasteiger partial charge on any atom is -0.481 e. The van der Waals surface area contributed by atoms with Crippen LogP contribution in [0.2, 0.25) is 0 Å². The average molecular weight is 211 g/mol. The van der Waals surface area contributed by atoms with Crippen LogP contribution < -0.4 is 0 Å². The molecule has 0 spiro atoms. The van der Waals surface area contributed by atoms with Crippen molar-refractivity contribution in [3.8, 4) is 0 Å². The molecule has 0 aliphatic rings. The molecule has 0 radical (unpaired) electrons. The molecule has 1 heterocycles. The van der Waals surface area contributed by atoms with E-state index in [1.54, 1.807) is 18.5 Å². The van der Waals surface area contributed by atoms with Gasteiger partial charge in [-0.2, -0.15) is 5.10 Å². The quantitative estimate of drug-likeness (QED) is 0.817. The fourth-order valence-electron chi connectivity index (χ4n) is 1.27. The topological polar surface area (TPSA) is 68.0 Å². The number of carboxylic acids is 1. The van der Waals surface area contributed by atoms with Crippen LogP contribution in [0.25, 0.3) is 0 Å². The zero-order chi connectivity index (χ0) is 11.6. The highest BCUT2D eigenvalue weighted by molar-refractivity contribution is 5.73. The molecule has 5 nitrogen and oxygen atoms in total. The summed E-state index contributed by atoms with van der Waals surface area (Å²) < 4.78 is 1.75. The van der Waals surface area contributed by atoms with Crippen molar-refractivity contribution in [1.29, 1.82) is 0 Å². The van der Waals surface area contributed by atoms with Crippen LogP contribution in [0.3, 0.4) is 0 Å². The highest BCUT2D eigenvalue weighted by Gasteiger charge is 2.26. The lowest BCUT2D eigenvalue weighted by atomic mass is 9.90. The molecule has 1 N–H and O–H groups in total. The summed E-state index contributed by atoms with van der Waals surface area (Å²) in [6.07, 6.45) is 0.548. The molecule has 0 atom stereocenters. The van der Waals surface area contributed by atoms with Crippen molar-refractivity contribution in [1.82, 2.24) is 14.8 Å². The predicted molar refractivity (Wildman–Crippen MR) is 55.5 cm³/mol. The number of aromatic nitrogens is 3. The molecule has 1 aromatic heterocycles. The molecular formula is C10H17N3O2. The van der Waals surface area contributed by atoms with E-state index >= 15 is 0 Å². The summed E-state index contributed by atoms with van der Waals surface area (Å²) in [4.78, 5) is 15.0. The molecule has 5 heteroatoms. The second-order valence-corrected chi connectivity index (χ2v) is 4.37. The van der Waals surface area contributed by atoms with Crippen LogP contribution in [0.1, 0.15) is 31.9 Å². The Hall–Kier alpha value is -1.39.